The van der Waals surface area contributed by atoms with E-state index < -0.39 is 28.5 Å². The minimum absolute atomic E-state index is 0.0782. The van der Waals surface area contributed by atoms with Crippen LogP contribution in [0, 0.1) is 12.8 Å². The van der Waals surface area contributed by atoms with E-state index in [1.165, 1.54) is 17.0 Å². The fourth-order valence-electron chi connectivity index (χ4n) is 4.35. The molecule has 2 amide bonds. The number of hydrogen-bond donors (Lipinski definition) is 1. The number of aryl methyl sites for hydroxylation is 1. The number of methoxy groups -OCH3 is 1. The van der Waals surface area contributed by atoms with Crippen LogP contribution in [0.4, 0.5) is 5.69 Å². The molecular formula is C31H39N3O5S. The van der Waals surface area contributed by atoms with Gasteiger partial charge in [-0.25, -0.2) is 8.42 Å². The fourth-order valence-corrected chi connectivity index (χ4v) is 5.85. The molecule has 0 saturated carbocycles. The highest BCUT2D eigenvalue weighted by atomic mass is 32.2. The second-order valence-electron chi connectivity index (χ2n) is 10.0. The van der Waals surface area contributed by atoms with Gasteiger partial charge in [0.1, 0.15) is 18.3 Å². The van der Waals surface area contributed by atoms with Crippen molar-refractivity contribution in [2.24, 2.45) is 5.92 Å². The molecule has 0 aliphatic carbocycles. The second kappa shape index (κ2) is 14.0. The molecule has 8 nitrogen and oxygen atoms in total. The van der Waals surface area contributed by atoms with Gasteiger partial charge in [-0.3, -0.25) is 13.9 Å². The molecule has 0 heterocycles. The first-order chi connectivity index (χ1) is 19.1. The number of sulfonamides is 1. The van der Waals surface area contributed by atoms with Gasteiger partial charge in [-0.1, -0.05) is 69.3 Å². The van der Waals surface area contributed by atoms with Gasteiger partial charge >= 0.3 is 0 Å². The monoisotopic (exact) mass is 565 g/mol. The summed E-state index contributed by atoms with van der Waals surface area (Å²) in [5, 5.41) is 2.94. The average Bonchev–Trinajstić information content (AvgIpc) is 2.95. The van der Waals surface area contributed by atoms with Gasteiger partial charge in [0.25, 0.3) is 10.0 Å². The zero-order chi connectivity index (χ0) is 29.3. The standard InChI is InChI=1S/C31H39N3O5S/c1-6-28(31(36)32-20-23(2)3)33(21-25-16-18-26(39-5)19-17-25)30(35)22-34(29-15-11-10-12-24(29)4)40(37,38)27-13-8-7-9-14-27/h7-19,23,28H,6,20-22H2,1-5H3,(H,32,36)/t28-/m0/s1. The Morgan fingerprint density at radius 1 is 0.925 bits per heavy atom. The molecule has 0 spiro atoms. The Labute approximate surface area is 238 Å². The molecule has 0 aromatic heterocycles. The van der Waals surface area contributed by atoms with Gasteiger partial charge < -0.3 is 15.0 Å². The van der Waals surface area contributed by atoms with Crippen molar-refractivity contribution < 1.29 is 22.7 Å². The van der Waals surface area contributed by atoms with Crippen LogP contribution in [0.1, 0.15) is 38.3 Å². The quantitative estimate of drug-likeness (QED) is 0.322. The van der Waals surface area contributed by atoms with Gasteiger partial charge in [0.2, 0.25) is 11.8 Å². The average molecular weight is 566 g/mol. The van der Waals surface area contributed by atoms with Gasteiger partial charge in [0.15, 0.2) is 0 Å². The van der Waals surface area contributed by atoms with Crippen LogP contribution in [-0.2, 0) is 26.2 Å². The molecule has 1 atom stereocenters. The number of benzene rings is 3. The predicted octanol–water partition coefficient (Wildman–Crippen LogP) is 4.78. The van der Waals surface area contributed by atoms with Crippen LogP contribution in [0.2, 0.25) is 0 Å². The molecule has 0 aliphatic heterocycles. The molecule has 3 aromatic carbocycles. The highest BCUT2D eigenvalue weighted by Crippen LogP contribution is 2.27. The molecule has 0 fully saturated rings. The second-order valence-corrected chi connectivity index (χ2v) is 11.9. The van der Waals surface area contributed by atoms with Crippen LogP contribution < -0.4 is 14.4 Å². The van der Waals surface area contributed by atoms with Crippen molar-refractivity contribution in [1.29, 1.82) is 0 Å². The molecule has 0 unspecified atom stereocenters. The lowest BCUT2D eigenvalue weighted by Crippen LogP contribution is -2.52. The van der Waals surface area contributed by atoms with Crippen molar-refractivity contribution in [3.8, 4) is 5.75 Å². The number of para-hydroxylation sites is 1. The van der Waals surface area contributed by atoms with E-state index >= 15 is 0 Å². The number of nitrogens with one attached hydrogen (secondary N) is 1. The summed E-state index contributed by atoms with van der Waals surface area (Å²) in [6, 6.07) is 21.5. The molecule has 0 radical (unpaired) electrons. The molecule has 0 bridgehead atoms. The third-order valence-corrected chi connectivity index (χ3v) is 8.35. The summed E-state index contributed by atoms with van der Waals surface area (Å²) in [7, 11) is -2.52. The Bertz CT molecular complexity index is 1380. The van der Waals surface area contributed by atoms with E-state index in [0.29, 0.717) is 30.0 Å². The zero-order valence-electron chi connectivity index (χ0n) is 23.8. The van der Waals surface area contributed by atoms with Gasteiger partial charge in [0, 0.05) is 13.1 Å². The van der Waals surface area contributed by atoms with E-state index in [2.05, 4.69) is 5.32 Å². The summed E-state index contributed by atoms with van der Waals surface area (Å²) < 4.78 is 34.2. The molecule has 3 aromatic rings. The van der Waals surface area contributed by atoms with Gasteiger partial charge in [-0.15, -0.1) is 0 Å². The molecule has 3 rings (SSSR count). The maximum Gasteiger partial charge on any atom is 0.264 e. The first-order valence-electron chi connectivity index (χ1n) is 13.4. The lowest BCUT2D eigenvalue weighted by Gasteiger charge is -2.33. The van der Waals surface area contributed by atoms with Crippen molar-refractivity contribution in [3.05, 3.63) is 90.0 Å². The Kier molecular flexibility index (Phi) is 10.7. The molecule has 1 N–H and O–H groups in total. The summed E-state index contributed by atoms with van der Waals surface area (Å²) in [6.45, 7) is 7.77. The zero-order valence-corrected chi connectivity index (χ0v) is 24.6. The molecule has 0 saturated heterocycles. The summed E-state index contributed by atoms with van der Waals surface area (Å²) in [5.74, 6) is 0.152. The molecule has 9 heteroatoms. The van der Waals surface area contributed by atoms with E-state index in [0.717, 1.165) is 9.87 Å². The van der Waals surface area contributed by atoms with E-state index in [4.69, 9.17) is 4.74 Å². The number of carbonyl (C=O) groups is 2. The van der Waals surface area contributed by atoms with E-state index in [9.17, 15) is 18.0 Å². The highest BCUT2D eigenvalue weighted by molar-refractivity contribution is 7.92. The van der Waals surface area contributed by atoms with Crippen LogP contribution in [0.25, 0.3) is 0 Å². The van der Waals surface area contributed by atoms with Crippen molar-refractivity contribution in [3.63, 3.8) is 0 Å². The number of carbonyl (C=O) groups excluding carboxylic acids is 2. The van der Waals surface area contributed by atoms with Crippen molar-refractivity contribution in [2.45, 2.75) is 51.6 Å². The third-order valence-electron chi connectivity index (χ3n) is 6.58. The van der Waals surface area contributed by atoms with E-state index in [-0.39, 0.29) is 23.3 Å². The molecular weight excluding hydrogens is 526 g/mol. The number of rotatable bonds is 13. The number of nitrogens with zero attached hydrogens (tertiary/aromatic N) is 2. The maximum absolute atomic E-state index is 14.1. The van der Waals surface area contributed by atoms with Crippen LogP contribution in [0.3, 0.4) is 0 Å². The Morgan fingerprint density at radius 3 is 2.12 bits per heavy atom. The highest BCUT2D eigenvalue weighted by Gasteiger charge is 2.34. The lowest BCUT2D eigenvalue weighted by atomic mass is 10.1. The topological polar surface area (TPSA) is 96.0 Å². The van der Waals surface area contributed by atoms with Crippen molar-refractivity contribution >= 4 is 27.5 Å². The van der Waals surface area contributed by atoms with Crippen molar-refractivity contribution in [2.75, 3.05) is 24.5 Å². The first-order valence-corrected chi connectivity index (χ1v) is 14.9. The van der Waals surface area contributed by atoms with Crippen LogP contribution in [-0.4, -0.2) is 51.4 Å². The van der Waals surface area contributed by atoms with E-state index in [1.54, 1.807) is 62.6 Å². The Balaban J connectivity index is 2.04. The van der Waals surface area contributed by atoms with Crippen LogP contribution >= 0.6 is 0 Å². The first kappa shape index (κ1) is 30.7. The fraction of sp³-hybridized carbons (Fsp3) is 0.355. The summed E-state index contributed by atoms with van der Waals surface area (Å²) in [4.78, 5) is 28.9. The molecule has 0 aliphatic rings. The van der Waals surface area contributed by atoms with Gasteiger partial charge in [-0.05, 0) is 60.7 Å². The van der Waals surface area contributed by atoms with Crippen LogP contribution in [0.5, 0.6) is 5.75 Å². The summed E-state index contributed by atoms with van der Waals surface area (Å²) >= 11 is 0. The minimum Gasteiger partial charge on any atom is -0.497 e. The number of hydrogen-bond acceptors (Lipinski definition) is 5. The number of amides is 2. The lowest BCUT2D eigenvalue weighted by molar-refractivity contribution is -0.140. The maximum atomic E-state index is 14.1. The van der Waals surface area contributed by atoms with Gasteiger partial charge in [0.05, 0.1) is 17.7 Å². The smallest absolute Gasteiger partial charge is 0.264 e. The molecule has 214 valence electrons. The van der Waals surface area contributed by atoms with Crippen molar-refractivity contribution in [1.82, 2.24) is 10.2 Å². The summed E-state index contributed by atoms with van der Waals surface area (Å²) in [5.41, 5.74) is 1.90. The Hall–Kier alpha value is -3.85. The van der Waals surface area contributed by atoms with Gasteiger partial charge in [-0.2, -0.15) is 0 Å². The normalized spacial score (nSPS) is 12.1. The SMILES string of the molecule is CC[C@@H](C(=O)NCC(C)C)N(Cc1ccc(OC)cc1)C(=O)CN(c1ccccc1C)S(=O)(=O)c1ccccc1. The summed E-state index contributed by atoms with van der Waals surface area (Å²) in [6.07, 6.45) is 0.363. The minimum atomic E-state index is -4.09. The Morgan fingerprint density at radius 2 is 1.55 bits per heavy atom. The van der Waals surface area contributed by atoms with Crippen LogP contribution in [0.15, 0.2) is 83.8 Å². The molecule has 40 heavy (non-hydrogen) atoms. The number of ether oxygens (including phenoxy) is 1. The third kappa shape index (κ3) is 7.63. The largest absolute Gasteiger partial charge is 0.497 e. The van der Waals surface area contributed by atoms with E-state index in [1.807, 2.05) is 39.0 Å². The predicted molar refractivity (Wildman–Crippen MR) is 158 cm³/mol. The number of anilines is 1.